The number of rotatable bonds is 15. The first-order chi connectivity index (χ1) is 23.8. The molecule has 10 heteroatoms. The van der Waals surface area contributed by atoms with Gasteiger partial charge < -0.3 is 38.3 Å². The minimum absolute atomic E-state index is 0.0680. The maximum Gasteiger partial charge on any atom is 0.514 e. The van der Waals surface area contributed by atoms with E-state index in [1.54, 1.807) is 0 Å². The first-order valence-corrected chi connectivity index (χ1v) is 19.3. The zero-order valence-electron chi connectivity index (χ0n) is 31.6. The molecule has 1 N–H and O–H groups in total. The number of methoxy groups -OCH3 is 1. The van der Waals surface area contributed by atoms with Gasteiger partial charge in [0.05, 0.1) is 44.1 Å². The number of hydrogen-bond acceptors (Lipinski definition) is 10. The molecule has 1 aromatic carbocycles. The first kappa shape index (κ1) is 36.4. The van der Waals surface area contributed by atoms with Crippen LogP contribution in [0.25, 0.3) is 0 Å². The summed E-state index contributed by atoms with van der Waals surface area (Å²) < 4.78 is 42.0. The van der Waals surface area contributed by atoms with Gasteiger partial charge in [-0.25, -0.2) is 4.79 Å². The van der Waals surface area contributed by atoms with Crippen molar-refractivity contribution < 1.29 is 43.1 Å². The molecule has 5 fully saturated rings. The highest BCUT2D eigenvalue weighted by Crippen LogP contribution is 2.80. The zero-order chi connectivity index (χ0) is 35.6. The van der Waals surface area contributed by atoms with Crippen LogP contribution in [0.15, 0.2) is 12.1 Å². The third-order valence-electron chi connectivity index (χ3n) is 14.3. The summed E-state index contributed by atoms with van der Waals surface area (Å²) in [7, 11) is 1.82. The van der Waals surface area contributed by atoms with Gasteiger partial charge in [-0.15, -0.1) is 0 Å². The fourth-order valence-corrected chi connectivity index (χ4v) is 11.5. The molecule has 1 aromatic rings. The van der Waals surface area contributed by atoms with E-state index < -0.39 is 23.0 Å². The van der Waals surface area contributed by atoms with Gasteiger partial charge in [-0.1, -0.05) is 26.8 Å². The highest BCUT2D eigenvalue weighted by atomic mass is 16.7. The second kappa shape index (κ2) is 13.2. The maximum atomic E-state index is 13.1. The third-order valence-corrected chi connectivity index (χ3v) is 14.3. The minimum atomic E-state index is -1.03. The number of nitrogens with zero attached hydrogens (tertiary/aromatic N) is 1. The van der Waals surface area contributed by atoms with Gasteiger partial charge in [0.1, 0.15) is 17.8 Å². The first-order valence-electron chi connectivity index (χ1n) is 19.3. The van der Waals surface area contributed by atoms with Crippen molar-refractivity contribution in [1.82, 2.24) is 4.90 Å². The Bertz CT molecular complexity index is 1420. The summed E-state index contributed by atoms with van der Waals surface area (Å²) in [6, 6.07) is 4.39. The Hall–Kier alpha value is -1.95. The van der Waals surface area contributed by atoms with Crippen molar-refractivity contribution in [2.45, 2.75) is 121 Å². The van der Waals surface area contributed by atoms with Gasteiger partial charge in [-0.2, -0.15) is 0 Å². The molecular formula is C40H61NO9. The number of piperidine rings is 1. The van der Waals surface area contributed by atoms with E-state index in [1.165, 1.54) is 24.0 Å². The number of fused-ring (bicyclic) bond motifs is 3. The molecule has 10 nitrogen and oxygen atoms in total. The number of hydrogen-bond donors (Lipinski definition) is 1. The average molecular weight is 700 g/mol. The molecule has 0 radical (unpaired) electrons. The Labute approximate surface area is 298 Å². The molecule has 7 aliphatic rings. The Balaban J connectivity index is 1.20. The molecule has 7 unspecified atom stereocenters. The van der Waals surface area contributed by atoms with Gasteiger partial charge in [-0.05, 0) is 102 Å². The molecule has 2 aliphatic heterocycles. The van der Waals surface area contributed by atoms with Crippen LogP contribution >= 0.6 is 0 Å². The summed E-state index contributed by atoms with van der Waals surface area (Å²) in [5, 5.41) is 12.7. The maximum absolute atomic E-state index is 13.1. The van der Waals surface area contributed by atoms with Crippen molar-refractivity contribution >= 4 is 6.16 Å². The molecule has 7 atom stereocenters. The number of benzene rings is 1. The second-order valence-corrected chi connectivity index (χ2v) is 17.3. The highest BCUT2D eigenvalue weighted by Gasteiger charge is 2.85. The molecule has 280 valence electrons. The Morgan fingerprint density at radius 2 is 1.70 bits per heavy atom. The van der Waals surface area contributed by atoms with Gasteiger partial charge in [0.25, 0.3) is 0 Å². The summed E-state index contributed by atoms with van der Waals surface area (Å²) in [4.78, 5) is 15.9. The van der Waals surface area contributed by atoms with E-state index >= 15 is 0 Å². The summed E-state index contributed by atoms with van der Waals surface area (Å²) in [6.45, 7) is 17.8. The van der Waals surface area contributed by atoms with Gasteiger partial charge in [-0.3, -0.25) is 4.90 Å². The van der Waals surface area contributed by atoms with E-state index in [9.17, 15) is 9.90 Å². The molecule has 8 rings (SSSR count). The molecule has 0 aromatic heterocycles. The monoisotopic (exact) mass is 699 g/mol. The minimum Gasteiger partial charge on any atom is -0.479 e. The van der Waals surface area contributed by atoms with Gasteiger partial charge in [0.2, 0.25) is 0 Å². The van der Waals surface area contributed by atoms with Crippen LogP contribution in [0.1, 0.15) is 97.6 Å². The van der Waals surface area contributed by atoms with Crippen LogP contribution in [0, 0.1) is 22.7 Å². The fraction of sp³-hybridized carbons (Fsp3) is 0.825. The smallest absolute Gasteiger partial charge is 0.479 e. The molecule has 5 aliphatic carbocycles. The van der Waals surface area contributed by atoms with Crippen molar-refractivity contribution in [2.24, 2.45) is 22.7 Å². The van der Waals surface area contributed by atoms with Gasteiger partial charge in [0, 0.05) is 43.2 Å². The second-order valence-electron chi connectivity index (χ2n) is 17.3. The van der Waals surface area contributed by atoms with Gasteiger partial charge >= 0.3 is 6.16 Å². The molecule has 2 heterocycles. The van der Waals surface area contributed by atoms with Crippen molar-refractivity contribution in [1.29, 1.82) is 0 Å². The van der Waals surface area contributed by atoms with Crippen molar-refractivity contribution in [2.75, 3.05) is 66.4 Å². The number of carbonyl (C=O) groups excluding carboxylic acids is 1. The number of aliphatic hydroxyl groups is 1. The predicted octanol–water partition coefficient (Wildman–Crippen LogP) is 6.07. The van der Waals surface area contributed by atoms with Crippen molar-refractivity contribution in [3.63, 3.8) is 0 Å². The fourth-order valence-electron chi connectivity index (χ4n) is 11.5. The van der Waals surface area contributed by atoms with Crippen LogP contribution in [0.2, 0.25) is 0 Å². The average Bonchev–Trinajstić information content (AvgIpc) is 3.87. The quantitative estimate of drug-likeness (QED) is 0.132. The van der Waals surface area contributed by atoms with E-state index in [-0.39, 0.29) is 35.4 Å². The molecular weight excluding hydrogens is 638 g/mol. The van der Waals surface area contributed by atoms with Crippen LogP contribution in [0.4, 0.5) is 4.79 Å². The lowest BCUT2D eigenvalue weighted by Crippen LogP contribution is -2.83. The molecule has 0 amide bonds. The SMILES string of the molecule is CCOCCOCCOCCOC(=O)Oc1ccc2c3c1OC1(C)C4(OC)CCCC5(CC4C(C)(O)C(C)(C)C)C(C2)N(CC2CC2)CCC351. The van der Waals surface area contributed by atoms with E-state index in [0.717, 1.165) is 57.5 Å². The highest BCUT2D eigenvalue weighted by molar-refractivity contribution is 5.70. The van der Waals surface area contributed by atoms with Crippen LogP contribution in [0.3, 0.4) is 0 Å². The van der Waals surface area contributed by atoms with Crippen LogP contribution in [-0.4, -0.2) is 105 Å². The lowest BCUT2D eigenvalue weighted by atomic mass is 9.35. The van der Waals surface area contributed by atoms with Crippen molar-refractivity contribution in [3.8, 4) is 11.5 Å². The largest absolute Gasteiger partial charge is 0.514 e. The van der Waals surface area contributed by atoms with Gasteiger partial charge in [0.15, 0.2) is 11.5 Å². The van der Waals surface area contributed by atoms with E-state index in [4.69, 9.17) is 33.2 Å². The molecule has 50 heavy (non-hydrogen) atoms. The Morgan fingerprint density at radius 1 is 1.00 bits per heavy atom. The lowest BCUT2D eigenvalue weighted by Gasteiger charge is -2.73. The summed E-state index contributed by atoms with van der Waals surface area (Å²) in [6.07, 6.45) is 7.50. The lowest BCUT2D eigenvalue weighted by molar-refractivity contribution is -0.305. The Morgan fingerprint density at radius 3 is 2.36 bits per heavy atom. The van der Waals surface area contributed by atoms with E-state index in [0.29, 0.717) is 50.6 Å². The van der Waals surface area contributed by atoms with E-state index in [2.05, 4.69) is 38.7 Å². The number of ether oxygens (including phenoxy) is 7. The predicted molar refractivity (Wildman–Crippen MR) is 188 cm³/mol. The third kappa shape index (κ3) is 5.28. The van der Waals surface area contributed by atoms with Crippen LogP contribution in [-0.2, 0) is 35.5 Å². The molecule has 2 spiro atoms. The van der Waals surface area contributed by atoms with E-state index in [1.807, 2.05) is 27.0 Å². The Kier molecular flexibility index (Phi) is 9.59. The normalized spacial score (nSPS) is 35.2. The van der Waals surface area contributed by atoms with Crippen molar-refractivity contribution in [3.05, 3.63) is 23.3 Å². The number of carbonyl (C=O) groups is 1. The summed E-state index contributed by atoms with van der Waals surface area (Å²) in [5.41, 5.74) is -0.968. The molecule has 4 saturated carbocycles. The topological polar surface area (TPSA) is 105 Å². The zero-order valence-corrected chi connectivity index (χ0v) is 31.6. The summed E-state index contributed by atoms with van der Waals surface area (Å²) in [5.74, 6) is 1.67. The summed E-state index contributed by atoms with van der Waals surface area (Å²) >= 11 is 0. The molecule has 1 saturated heterocycles. The molecule has 4 bridgehead atoms. The number of likely N-dealkylation sites (tertiary alicyclic amines) is 1. The van der Waals surface area contributed by atoms with Crippen LogP contribution < -0.4 is 9.47 Å². The van der Waals surface area contributed by atoms with Crippen LogP contribution in [0.5, 0.6) is 11.5 Å². The standard InChI is InChI=1S/C40H61NO9/c1-8-45-18-19-46-20-21-47-22-23-48-34(42)49-29-13-12-28-24-31-38-14-9-15-40(44-7,30(25-38)36(5,43)35(2,3)4)37(6)39(38,32(28)33(29)50-37)16-17-41(31)26-27-10-11-27/h12-13,27,30-31,43H,8-11,14-26H2,1-7H3.